The van der Waals surface area contributed by atoms with Crippen molar-refractivity contribution in [2.24, 2.45) is 0 Å². The Morgan fingerprint density at radius 1 is 1.21 bits per heavy atom. The maximum Gasteiger partial charge on any atom is 0.416 e. The zero-order chi connectivity index (χ0) is 13.6. The molecule has 1 atom stereocenters. The molecule has 2 aromatic rings. The van der Waals surface area contributed by atoms with Gasteiger partial charge in [-0.15, -0.1) is 11.3 Å². The third-order valence-corrected chi connectivity index (χ3v) is 4.41. The van der Waals surface area contributed by atoms with Crippen molar-refractivity contribution in [2.45, 2.75) is 25.6 Å². The Balaban J connectivity index is 1.88. The molecule has 1 nitrogen and oxygen atoms in total. The second-order valence-corrected chi connectivity index (χ2v) is 6.04. The molecule has 0 amide bonds. The van der Waals surface area contributed by atoms with Crippen LogP contribution in [0.15, 0.2) is 30.3 Å². The van der Waals surface area contributed by atoms with E-state index in [4.69, 9.17) is 0 Å². The minimum atomic E-state index is -4.27. The van der Waals surface area contributed by atoms with E-state index in [1.54, 1.807) is 11.3 Å². The van der Waals surface area contributed by atoms with Gasteiger partial charge in [-0.2, -0.15) is 13.2 Å². The fourth-order valence-corrected chi connectivity index (χ4v) is 3.28. The molecule has 3 rings (SSSR count). The van der Waals surface area contributed by atoms with Crippen LogP contribution in [0.1, 0.15) is 26.9 Å². The lowest BCUT2D eigenvalue weighted by Gasteiger charge is -2.08. The van der Waals surface area contributed by atoms with E-state index in [9.17, 15) is 13.2 Å². The molecule has 1 aromatic heterocycles. The average molecular weight is 283 g/mol. The fourth-order valence-electron chi connectivity index (χ4n) is 2.35. The van der Waals surface area contributed by atoms with Gasteiger partial charge in [-0.1, -0.05) is 0 Å². The molecule has 0 saturated heterocycles. The Hall–Kier alpha value is -1.49. The predicted octanol–water partition coefficient (Wildman–Crippen LogP) is 4.78. The number of hydrogen-bond acceptors (Lipinski definition) is 2. The van der Waals surface area contributed by atoms with E-state index >= 15 is 0 Å². The summed E-state index contributed by atoms with van der Waals surface area (Å²) in [6.45, 7) is 2.03. The van der Waals surface area contributed by atoms with Gasteiger partial charge < -0.3 is 5.32 Å². The van der Waals surface area contributed by atoms with Gasteiger partial charge in [-0.05, 0) is 49.2 Å². The summed E-state index contributed by atoms with van der Waals surface area (Å²) < 4.78 is 38.0. The number of alkyl halides is 3. The van der Waals surface area contributed by atoms with E-state index in [0.717, 1.165) is 17.3 Å². The molecule has 1 aromatic carbocycles. The van der Waals surface area contributed by atoms with Crippen LogP contribution in [0, 0.1) is 6.92 Å². The van der Waals surface area contributed by atoms with Crippen molar-refractivity contribution < 1.29 is 13.2 Å². The zero-order valence-electron chi connectivity index (χ0n) is 10.2. The van der Waals surface area contributed by atoms with Crippen LogP contribution in [0.25, 0.3) is 0 Å². The Kier molecular flexibility index (Phi) is 2.82. The molecule has 1 aliphatic heterocycles. The van der Waals surface area contributed by atoms with E-state index < -0.39 is 11.7 Å². The molecule has 1 aliphatic rings. The monoisotopic (exact) mass is 283 g/mol. The zero-order valence-corrected chi connectivity index (χ0v) is 11.0. The number of rotatable bonds is 1. The van der Waals surface area contributed by atoms with Crippen LogP contribution in [0.5, 0.6) is 0 Å². The summed E-state index contributed by atoms with van der Waals surface area (Å²) in [5.74, 6) is 0. The molecule has 100 valence electrons. The lowest BCUT2D eigenvalue weighted by molar-refractivity contribution is -0.137. The van der Waals surface area contributed by atoms with Gasteiger partial charge in [0.1, 0.15) is 0 Å². The SMILES string of the molecule is Cc1ccc(C2Cc3cc(C(F)(F)F)ccc3N2)s1. The first-order chi connectivity index (χ1) is 8.93. The van der Waals surface area contributed by atoms with Crippen molar-refractivity contribution in [1.29, 1.82) is 0 Å². The highest BCUT2D eigenvalue weighted by atomic mass is 32.1. The normalized spacial score (nSPS) is 18.2. The van der Waals surface area contributed by atoms with Gasteiger partial charge in [-0.25, -0.2) is 0 Å². The number of benzene rings is 1. The Bertz CT molecular complexity index is 615. The molecule has 0 saturated carbocycles. The second-order valence-electron chi connectivity index (χ2n) is 4.72. The first-order valence-corrected chi connectivity index (χ1v) is 6.78. The van der Waals surface area contributed by atoms with Gasteiger partial charge >= 0.3 is 6.18 Å². The Labute approximate surface area is 113 Å². The standard InChI is InChI=1S/C14H12F3NS/c1-8-2-5-13(19-8)12-7-9-6-10(14(15,16)17)3-4-11(9)18-12/h2-6,12,18H,7H2,1H3. The lowest BCUT2D eigenvalue weighted by Crippen LogP contribution is -2.04. The van der Waals surface area contributed by atoms with Crippen LogP contribution in [-0.4, -0.2) is 0 Å². The van der Waals surface area contributed by atoms with Crippen LogP contribution in [0.3, 0.4) is 0 Å². The topological polar surface area (TPSA) is 12.0 Å². The van der Waals surface area contributed by atoms with Crippen molar-refractivity contribution in [1.82, 2.24) is 0 Å². The minimum absolute atomic E-state index is 0.0946. The summed E-state index contributed by atoms with van der Waals surface area (Å²) in [6.07, 6.45) is -3.66. The maximum absolute atomic E-state index is 12.7. The van der Waals surface area contributed by atoms with Gasteiger partial charge in [0.15, 0.2) is 0 Å². The highest BCUT2D eigenvalue weighted by molar-refractivity contribution is 7.12. The highest BCUT2D eigenvalue weighted by Crippen LogP contribution is 2.39. The van der Waals surface area contributed by atoms with E-state index in [1.807, 2.05) is 19.1 Å². The summed E-state index contributed by atoms with van der Waals surface area (Å²) >= 11 is 1.68. The Morgan fingerprint density at radius 2 is 2.00 bits per heavy atom. The third-order valence-electron chi connectivity index (χ3n) is 3.29. The minimum Gasteiger partial charge on any atom is -0.377 e. The number of aryl methyl sites for hydroxylation is 1. The van der Waals surface area contributed by atoms with Crippen molar-refractivity contribution in [3.05, 3.63) is 51.2 Å². The highest BCUT2D eigenvalue weighted by Gasteiger charge is 2.32. The van der Waals surface area contributed by atoms with Crippen molar-refractivity contribution in [2.75, 3.05) is 5.32 Å². The number of halogens is 3. The third kappa shape index (κ3) is 2.34. The van der Waals surface area contributed by atoms with Crippen LogP contribution in [-0.2, 0) is 12.6 Å². The number of anilines is 1. The molecular formula is C14H12F3NS. The molecule has 1 unspecified atom stereocenters. The average Bonchev–Trinajstić information content (AvgIpc) is 2.92. The number of hydrogen-bond donors (Lipinski definition) is 1. The van der Waals surface area contributed by atoms with Gasteiger partial charge in [-0.3, -0.25) is 0 Å². The predicted molar refractivity (Wildman–Crippen MR) is 70.6 cm³/mol. The van der Waals surface area contributed by atoms with E-state index in [0.29, 0.717) is 6.42 Å². The fraction of sp³-hybridized carbons (Fsp3) is 0.286. The number of nitrogens with one attached hydrogen (secondary N) is 1. The first kappa shape index (κ1) is 12.5. The van der Waals surface area contributed by atoms with Crippen molar-refractivity contribution >= 4 is 17.0 Å². The molecular weight excluding hydrogens is 271 g/mol. The van der Waals surface area contributed by atoms with E-state index in [2.05, 4.69) is 5.32 Å². The molecule has 0 bridgehead atoms. The molecule has 0 spiro atoms. The van der Waals surface area contributed by atoms with Gasteiger partial charge in [0, 0.05) is 15.4 Å². The second kappa shape index (κ2) is 4.27. The van der Waals surface area contributed by atoms with Gasteiger partial charge in [0.2, 0.25) is 0 Å². The lowest BCUT2D eigenvalue weighted by atomic mass is 10.1. The molecule has 0 aliphatic carbocycles. The molecule has 1 N–H and O–H groups in total. The van der Waals surface area contributed by atoms with E-state index in [-0.39, 0.29) is 6.04 Å². The summed E-state index contributed by atoms with van der Waals surface area (Å²) in [4.78, 5) is 2.38. The van der Waals surface area contributed by atoms with Crippen molar-refractivity contribution in [3.63, 3.8) is 0 Å². The smallest absolute Gasteiger partial charge is 0.377 e. The van der Waals surface area contributed by atoms with Crippen LogP contribution >= 0.6 is 11.3 Å². The molecule has 2 heterocycles. The molecule has 5 heteroatoms. The number of fused-ring (bicyclic) bond motifs is 1. The summed E-state index contributed by atoms with van der Waals surface area (Å²) in [6, 6.07) is 8.08. The van der Waals surface area contributed by atoms with Gasteiger partial charge in [0.25, 0.3) is 0 Å². The number of thiophene rings is 1. The largest absolute Gasteiger partial charge is 0.416 e. The van der Waals surface area contributed by atoms with Gasteiger partial charge in [0.05, 0.1) is 11.6 Å². The van der Waals surface area contributed by atoms with Crippen LogP contribution < -0.4 is 5.32 Å². The summed E-state index contributed by atoms with van der Waals surface area (Å²) in [7, 11) is 0. The maximum atomic E-state index is 12.7. The quantitative estimate of drug-likeness (QED) is 0.794. The molecule has 0 radical (unpaired) electrons. The molecule has 19 heavy (non-hydrogen) atoms. The van der Waals surface area contributed by atoms with Crippen LogP contribution in [0.2, 0.25) is 0 Å². The van der Waals surface area contributed by atoms with Crippen LogP contribution in [0.4, 0.5) is 18.9 Å². The summed E-state index contributed by atoms with van der Waals surface area (Å²) in [5.41, 5.74) is 0.978. The van der Waals surface area contributed by atoms with E-state index in [1.165, 1.54) is 21.9 Å². The Morgan fingerprint density at radius 3 is 2.63 bits per heavy atom. The molecule has 0 fully saturated rings. The van der Waals surface area contributed by atoms with Crippen molar-refractivity contribution in [3.8, 4) is 0 Å². The summed E-state index contributed by atoms with van der Waals surface area (Å²) in [5, 5.41) is 3.29. The first-order valence-electron chi connectivity index (χ1n) is 5.96.